The van der Waals surface area contributed by atoms with E-state index in [1.54, 1.807) is 28.4 Å². The molecule has 9 rings (SSSR count). The van der Waals surface area contributed by atoms with Gasteiger partial charge in [-0.3, -0.25) is 0 Å². The summed E-state index contributed by atoms with van der Waals surface area (Å²) >= 11 is 0. The molecule has 0 amide bonds. The highest BCUT2D eigenvalue weighted by Crippen LogP contribution is 2.40. The molecule has 0 aliphatic heterocycles. The minimum absolute atomic E-state index is 0.814. The maximum absolute atomic E-state index is 5.44. The normalized spacial score (nSPS) is 11.1. The number of nitrogens with one attached hydrogen (secondary N) is 1. The van der Waals surface area contributed by atoms with Crippen LogP contribution >= 0.6 is 0 Å². The molecule has 9 aromatic rings. The minimum atomic E-state index is 0.814. The van der Waals surface area contributed by atoms with Crippen molar-refractivity contribution < 1.29 is 18.9 Å². The molecule has 0 radical (unpaired) electrons. The largest absolute Gasteiger partial charge is 0.497 e. The number of fused-ring (bicyclic) bond motifs is 3. The van der Waals surface area contributed by atoms with E-state index in [1.807, 2.05) is 48.5 Å². The van der Waals surface area contributed by atoms with Gasteiger partial charge < -0.3 is 33.7 Å². The predicted molar refractivity (Wildman–Crippen MR) is 242 cm³/mol. The Balaban J connectivity index is 1.02. The zero-order valence-electron chi connectivity index (χ0n) is 33.3. The smallest absolute Gasteiger partial charge is 0.119 e. The number of ether oxygens (including phenoxy) is 4. The van der Waals surface area contributed by atoms with Crippen LogP contribution < -0.4 is 28.7 Å². The van der Waals surface area contributed by atoms with E-state index in [2.05, 4.69) is 148 Å². The number of rotatable bonds is 12. The molecule has 7 heteroatoms. The molecule has 0 unspecified atom stereocenters. The second kappa shape index (κ2) is 16.1. The molecule has 0 bridgehead atoms. The second-order valence-electron chi connectivity index (χ2n) is 14.2. The Morgan fingerprint density at radius 2 is 0.525 bits per heavy atom. The summed E-state index contributed by atoms with van der Waals surface area (Å²) in [6.45, 7) is 0. The van der Waals surface area contributed by atoms with Crippen LogP contribution in [-0.4, -0.2) is 33.4 Å². The summed E-state index contributed by atoms with van der Waals surface area (Å²) in [4.78, 5) is 8.10. The van der Waals surface area contributed by atoms with Crippen LogP contribution in [0.1, 0.15) is 0 Å². The van der Waals surface area contributed by atoms with Gasteiger partial charge >= 0.3 is 0 Å². The second-order valence-corrected chi connectivity index (χ2v) is 14.2. The van der Waals surface area contributed by atoms with E-state index >= 15 is 0 Å². The fraction of sp³-hybridized carbons (Fsp3) is 0.0769. The number of hydrogen-bond acceptors (Lipinski definition) is 6. The SMILES string of the molecule is COc1ccc(N(c2ccc(OC)cc2)c2ccc(-c3ccc4[nH]c5ccc(-c6ccc(N(c7ccc(OC)cc7)c7ccc(OC)cc7)cc6)cc5c4c3)cc2)cc1. The van der Waals surface area contributed by atoms with E-state index in [1.165, 1.54) is 10.8 Å². The molecule has 1 aromatic heterocycles. The number of anilines is 6. The maximum Gasteiger partial charge on any atom is 0.119 e. The van der Waals surface area contributed by atoms with E-state index in [0.717, 1.165) is 90.4 Å². The van der Waals surface area contributed by atoms with Gasteiger partial charge in [0.15, 0.2) is 0 Å². The standard InChI is InChI=1S/C52H43N3O4/c1-56-45-23-15-41(16-24-45)54(42-17-25-46(57-2)26-18-42)39-11-5-35(6-12-39)37-9-31-51-49(33-37)50-34-38(10-32-52(50)53-51)36-7-13-40(14-8-36)55(43-19-27-47(58-3)28-20-43)44-21-29-48(59-4)30-22-44/h5-34,53H,1-4H3. The molecule has 0 spiro atoms. The van der Waals surface area contributed by atoms with Crippen molar-refractivity contribution in [2.45, 2.75) is 0 Å². The third-order valence-electron chi connectivity index (χ3n) is 10.8. The third-order valence-corrected chi connectivity index (χ3v) is 10.8. The Labute approximate surface area is 344 Å². The molecule has 7 nitrogen and oxygen atoms in total. The first-order valence-electron chi connectivity index (χ1n) is 19.4. The first-order chi connectivity index (χ1) is 29.0. The third kappa shape index (κ3) is 7.38. The van der Waals surface area contributed by atoms with Gasteiger partial charge in [0, 0.05) is 55.9 Å². The lowest BCUT2D eigenvalue weighted by Crippen LogP contribution is -2.09. The van der Waals surface area contributed by atoms with Gasteiger partial charge in [-0.15, -0.1) is 0 Å². The molecule has 0 atom stereocenters. The molecule has 1 heterocycles. The van der Waals surface area contributed by atoms with Crippen molar-refractivity contribution >= 4 is 55.9 Å². The quantitative estimate of drug-likeness (QED) is 0.133. The number of methoxy groups -OCH3 is 4. The fourth-order valence-corrected chi connectivity index (χ4v) is 7.68. The molecule has 0 aliphatic carbocycles. The molecular formula is C52H43N3O4. The Hall–Kier alpha value is -7.64. The Morgan fingerprint density at radius 1 is 0.288 bits per heavy atom. The van der Waals surface area contributed by atoms with Crippen molar-refractivity contribution in [2.75, 3.05) is 38.2 Å². The van der Waals surface area contributed by atoms with Gasteiger partial charge in [-0.1, -0.05) is 36.4 Å². The monoisotopic (exact) mass is 773 g/mol. The zero-order valence-corrected chi connectivity index (χ0v) is 33.3. The first-order valence-corrected chi connectivity index (χ1v) is 19.4. The van der Waals surface area contributed by atoms with Crippen molar-refractivity contribution in [2.24, 2.45) is 0 Å². The van der Waals surface area contributed by atoms with E-state index < -0.39 is 0 Å². The van der Waals surface area contributed by atoms with Crippen LogP contribution in [0.5, 0.6) is 23.0 Å². The summed E-state index contributed by atoms with van der Waals surface area (Å²) < 4.78 is 21.8. The van der Waals surface area contributed by atoms with E-state index in [9.17, 15) is 0 Å². The summed E-state index contributed by atoms with van der Waals surface area (Å²) in [5.41, 5.74) is 13.0. The fourth-order valence-electron chi connectivity index (χ4n) is 7.68. The lowest BCUT2D eigenvalue weighted by Gasteiger charge is -2.26. The Bertz CT molecular complexity index is 2540. The van der Waals surface area contributed by atoms with Crippen LogP contribution in [0.4, 0.5) is 34.1 Å². The van der Waals surface area contributed by atoms with Crippen LogP contribution in [0, 0.1) is 0 Å². The van der Waals surface area contributed by atoms with Crippen molar-refractivity contribution in [3.63, 3.8) is 0 Å². The van der Waals surface area contributed by atoms with Crippen molar-refractivity contribution in [1.82, 2.24) is 4.98 Å². The number of H-pyrrole nitrogens is 1. The molecule has 59 heavy (non-hydrogen) atoms. The number of benzene rings is 8. The van der Waals surface area contributed by atoms with Gasteiger partial charge in [0.2, 0.25) is 0 Å². The lowest BCUT2D eigenvalue weighted by atomic mass is 9.99. The number of nitrogens with zero attached hydrogens (tertiary/aromatic N) is 2. The highest BCUT2D eigenvalue weighted by atomic mass is 16.5. The molecule has 0 aliphatic rings. The molecule has 290 valence electrons. The topological polar surface area (TPSA) is 59.2 Å². The van der Waals surface area contributed by atoms with Gasteiger partial charge in [-0.05, 0) is 168 Å². The first kappa shape index (κ1) is 37.0. The summed E-state index contributed by atoms with van der Waals surface area (Å²) in [6.07, 6.45) is 0. The summed E-state index contributed by atoms with van der Waals surface area (Å²) in [5.74, 6) is 3.26. The molecular weight excluding hydrogens is 731 g/mol. The van der Waals surface area contributed by atoms with E-state index in [4.69, 9.17) is 18.9 Å². The van der Waals surface area contributed by atoms with E-state index in [-0.39, 0.29) is 0 Å². The zero-order chi connectivity index (χ0) is 40.3. The van der Waals surface area contributed by atoms with Crippen LogP contribution in [-0.2, 0) is 0 Å². The van der Waals surface area contributed by atoms with Crippen LogP contribution in [0.2, 0.25) is 0 Å². The minimum Gasteiger partial charge on any atom is -0.497 e. The lowest BCUT2D eigenvalue weighted by molar-refractivity contribution is 0.414. The average molecular weight is 774 g/mol. The molecule has 0 fully saturated rings. The average Bonchev–Trinajstić information content (AvgIpc) is 3.68. The van der Waals surface area contributed by atoms with Gasteiger partial charge in [-0.25, -0.2) is 0 Å². The summed E-state index contributed by atoms with van der Waals surface area (Å²) in [7, 11) is 6.74. The Kier molecular flexibility index (Phi) is 10.1. The summed E-state index contributed by atoms with van der Waals surface area (Å²) in [6, 6.07) is 63.3. The number of aromatic nitrogens is 1. The molecule has 1 N–H and O–H groups in total. The summed E-state index contributed by atoms with van der Waals surface area (Å²) in [5, 5.41) is 2.37. The highest BCUT2D eigenvalue weighted by Gasteiger charge is 2.16. The number of hydrogen-bond donors (Lipinski definition) is 1. The van der Waals surface area contributed by atoms with Gasteiger partial charge in [0.05, 0.1) is 28.4 Å². The van der Waals surface area contributed by atoms with Gasteiger partial charge in [-0.2, -0.15) is 0 Å². The Morgan fingerprint density at radius 3 is 0.780 bits per heavy atom. The van der Waals surface area contributed by atoms with Crippen LogP contribution in [0.3, 0.4) is 0 Å². The van der Waals surface area contributed by atoms with Crippen LogP contribution in [0.15, 0.2) is 182 Å². The van der Waals surface area contributed by atoms with Crippen LogP contribution in [0.25, 0.3) is 44.1 Å². The van der Waals surface area contributed by atoms with Gasteiger partial charge in [0.25, 0.3) is 0 Å². The van der Waals surface area contributed by atoms with E-state index in [0.29, 0.717) is 0 Å². The van der Waals surface area contributed by atoms with Crippen molar-refractivity contribution in [3.8, 4) is 45.3 Å². The predicted octanol–water partition coefficient (Wildman–Crippen LogP) is 13.6. The van der Waals surface area contributed by atoms with Gasteiger partial charge in [0.1, 0.15) is 23.0 Å². The highest BCUT2D eigenvalue weighted by molar-refractivity contribution is 6.09. The molecule has 8 aromatic carbocycles. The molecule has 0 saturated carbocycles. The number of aromatic amines is 1. The van der Waals surface area contributed by atoms with Crippen molar-refractivity contribution in [1.29, 1.82) is 0 Å². The maximum atomic E-state index is 5.44. The van der Waals surface area contributed by atoms with Crippen molar-refractivity contribution in [3.05, 3.63) is 182 Å². The molecule has 0 saturated heterocycles.